The molecule has 4 nitrogen and oxygen atoms in total. The van der Waals surface area contributed by atoms with Gasteiger partial charge in [0.05, 0.1) is 17.0 Å². The number of anilines is 1. The van der Waals surface area contributed by atoms with Crippen LogP contribution >= 0.6 is 15.9 Å². The molecule has 0 saturated heterocycles. The van der Waals surface area contributed by atoms with Gasteiger partial charge in [-0.25, -0.2) is 8.42 Å². The molecule has 0 spiro atoms. The molecule has 1 rings (SSSR count). The van der Waals surface area contributed by atoms with Crippen LogP contribution in [0.15, 0.2) is 22.7 Å². The van der Waals surface area contributed by atoms with Crippen molar-refractivity contribution in [2.45, 2.75) is 6.42 Å². The lowest BCUT2D eigenvalue weighted by molar-refractivity contribution is 0.600. The molecule has 0 aliphatic heterocycles. The van der Waals surface area contributed by atoms with Gasteiger partial charge < -0.3 is 5.32 Å². The zero-order valence-corrected chi connectivity index (χ0v) is 11.8. The van der Waals surface area contributed by atoms with Crippen LogP contribution in [-0.2, 0) is 9.84 Å². The van der Waals surface area contributed by atoms with Gasteiger partial charge in [0.2, 0.25) is 0 Å². The van der Waals surface area contributed by atoms with Crippen molar-refractivity contribution in [1.29, 1.82) is 5.26 Å². The van der Waals surface area contributed by atoms with Crippen LogP contribution in [-0.4, -0.2) is 27.0 Å². The molecule has 0 aliphatic carbocycles. The topological polar surface area (TPSA) is 70.0 Å². The van der Waals surface area contributed by atoms with Crippen molar-refractivity contribution in [3.63, 3.8) is 0 Å². The second-order valence-corrected chi connectivity index (χ2v) is 6.89. The maximum Gasteiger partial charge on any atom is 0.147 e. The second-order valence-electron chi connectivity index (χ2n) is 3.71. The summed E-state index contributed by atoms with van der Waals surface area (Å²) in [4.78, 5) is 0. The summed E-state index contributed by atoms with van der Waals surface area (Å²) in [6, 6.07) is 7.39. The number of rotatable bonds is 5. The molecule has 0 bridgehead atoms. The molecule has 0 radical (unpaired) electrons. The van der Waals surface area contributed by atoms with Crippen LogP contribution in [0.25, 0.3) is 0 Å². The van der Waals surface area contributed by atoms with Gasteiger partial charge in [-0.3, -0.25) is 0 Å². The van der Waals surface area contributed by atoms with E-state index in [-0.39, 0.29) is 5.75 Å². The Labute approximate surface area is 110 Å². The van der Waals surface area contributed by atoms with Gasteiger partial charge in [-0.1, -0.05) is 15.9 Å². The molecule has 0 aliphatic rings. The lowest BCUT2D eigenvalue weighted by atomic mass is 10.2. The van der Waals surface area contributed by atoms with Crippen LogP contribution in [0.1, 0.15) is 12.0 Å². The van der Waals surface area contributed by atoms with Gasteiger partial charge in [0.25, 0.3) is 0 Å². The van der Waals surface area contributed by atoms with E-state index in [1.54, 1.807) is 18.2 Å². The summed E-state index contributed by atoms with van der Waals surface area (Å²) in [5, 5.41) is 12.0. The predicted octanol–water partition coefficient (Wildman–Crippen LogP) is 2.17. The van der Waals surface area contributed by atoms with E-state index in [2.05, 4.69) is 27.3 Å². The van der Waals surface area contributed by atoms with Crippen molar-refractivity contribution in [2.24, 2.45) is 0 Å². The number of sulfone groups is 1. The Morgan fingerprint density at radius 3 is 2.76 bits per heavy atom. The quantitative estimate of drug-likeness (QED) is 0.845. The summed E-state index contributed by atoms with van der Waals surface area (Å²) < 4.78 is 22.7. The normalized spacial score (nSPS) is 10.9. The Hall–Kier alpha value is -1.06. The summed E-state index contributed by atoms with van der Waals surface area (Å²) in [6.07, 6.45) is 1.74. The first-order valence-corrected chi connectivity index (χ1v) is 7.89. The molecular weight excluding hydrogens is 304 g/mol. The highest BCUT2D eigenvalue weighted by Gasteiger charge is 2.04. The van der Waals surface area contributed by atoms with Crippen molar-refractivity contribution in [3.05, 3.63) is 28.2 Å². The fourth-order valence-corrected chi connectivity index (χ4v) is 2.35. The van der Waals surface area contributed by atoms with E-state index in [0.29, 0.717) is 18.5 Å². The van der Waals surface area contributed by atoms with Crippen molar-refractivity contribution in [3.8, 4) is 6.07 Å². The number of nitrogens with one attached hydrogen (secondary N) is 1. The Balaban J connectivity index is 2.58. The number of benzene rings is 1. The molecule has 0 fully saturated rings. The SMILES string of the molecule is CS(=O)(=O)CCCNc1cc(Br)ccc1C#N. The van der Waals surface area contributed by atoms with Crippen molar-refractivity contribution < 1.29 is 8.42 Å². The van der Waals surface area contributed by atoms with Crippen molar-refractivity contribution in [1.82, 2.24) is 0 Å². The largest absolute Gasteiger partial charge is 0.384 e. The van der Waals surface area contributed by atoms with Gasteiger partial charge in [0.15, 0.2) is 0 Å². The molecule has 1 N–H and O–H groups in total. The fourth-order valence-electron chi connectivity index (χ4n) is 1.32. The van der Waals surface area contributed by atoms with E-state index < -0.39 is 9.84 Å². The van der Waals surface area contributed by atoms with E-state index in [4.69, 9.17) is 5.26 Å². The molecule has 6 heteroatoms. The third kappa shape index (κ3) is 5.20. The smallest absolute Gasteiger partial charge is 0.147 e. The predicted molar refractivity (Wildman–Crippen MR) is 71.7 cm³/mol. The van der Waals surface area contributed by atoms with Crippen LogP contribution in [0.2, 0.25) is 0 Å². The maximum absolute atomic E-state index is 10.9. The minimum atomic E-state index is -2.92. The number of nitriles is 1. The van der Waals surface area contributed by atoms with Gasteiger partial charge >= 0.3 is 0 Å². The Bertz CT molecular complexity index is 535. The zero-order chi connectivity index (χ0) is 12.9. The summed E-state index contributed by atoms with van der Waals surface area (Å²) in [5.41, 5.74) is 1.27. The van der Waals surface area contributed by atoms with Gasteiger partial charge in [0.1, 0.15) is 15.9 Å². The van der Waals surface area contributed by atoms with Crippen LogP contribution in [0, 0.1) is 11.3 Å². The number of halogens is 1. The maximum atomic E-state index is 10.9. The van der Waals surface area contributed by atoms with Crippen LogP contribution in [0.4, 0.5) is 5.69 Å². The van der Waals surface area contributed by atoms with E-state index >= 15 is 0 Å². The third-order valence-corrected chi connectivity index (χ3v) is 3.63. The lowest BCUT2D eigenvalue weighted by Gasteiger charge is -2.08. The monoisotopic (exact) mass is 316 g/mol. The van der Waals surface area contributed by atoms with Gasteiger partial charge in [-0.05, 0) is 24.6 Å². The number of hydrogen-bond donors (Lipinski definition) is 1. The van der Waals surface area contributed by atoms with Crippen LogP contribution in [0.3, 0.4) is 0 Å². The highest BCUT2D eigenvalue weighted by molar-refractivity contribution is 9.10. The Morgan fingerprint density at radius 2 is 2.18 bits per heavy atom. The summed E-state index contributed by atoms with van der Waals surface area (Å²) >= 11 is 3.32. The fraction of sp³-hybridized carbons (Fsp3) is 0.364. The highest BCUT2D eigenvalue weighted by atomic mass is 79.9. The van der Waals surface area contributed by atoms with E-state index in [1.165, 1.54) is 6.26 Å². The molecule has 17 heavy (non-hydrogen) atoms. The molecular formula is C11H13BrN2O2S. The highest BCUT2D eigenvalue weighted by Crippen LogP contribution is 2.20. The van der Waals surface area contributed by atoms with Gasteiger partial charge in [0, 0.05) is 17.3 Å². The standard InChI is InChI=1S/C11H13BrN2O2S/c1-17(15,16)6-2-5-14-11-7-10(12)4-3-9(11)8-13/h3-4,7,14H,2,5-6H2,1H3. The molecule has 0 amide bonds. The molecule has 0 unspecified atom stereocenters. The van der Waals surface area contributed by atoms with E-state index in [1.807, 2.05) is 0 Å². The van der Waals surface area contributed by atoms with Crippen LogP contribution in [0.5, 0.6) is 0 Å². The summed E-state index contributed by atoms with van der Waals surface area (Å²) in [6.45, 7) is 0.526. The molecule has 1 aromatic rings. The Morgan fingerprint density at radius 1 is 1.47 bits per heavy atom. The zero-order valence-electron chi connectivity index (χ0n) is 9.40. The first-order chi connectivity index (χ1) is 7.92. The number of nitrogens with zero attached hydrogens (tertiary/aromatic N) is 1. The molecule has 0 aromatic heterocycles. The molecule has 1 aromatic carbocycles. The molecule has 92 valence electrons. The average Bonchev–Trinajstić information content (AvgIpc) is 2.23. The first-order valence-electron chi connectivity index (χ1n) is 5.03. The van der Waals surface area contributed by atoms with E-state index in [0.717, 1.165) is 10.2 Å². The lowest BCUT2D eigenvalue weighted by Crippen LogP contribution is -2.10. The Kier molecular flexibility index (Phi) is 4.97. The molecule has 0 saturated carbocycles. The summed E-state index contributed by atoms with van der Waals surface area (Å²) in [7, 11) is -2.92. The van der Waals surface area contributed by atoms with Gasteiger partial charge in [-0.15, -0.1) is 0 Å². The molecule has 0 heterocycles. The number of hydrogen-bond acceptors (Lipinski definition) is 4. The minimum Gasteiger partial charge on any atom is -0.384 e. The first kappa shape index (κ1) is 14.0. The summed E-state index contributed by atoms with van der Waals surface area (Å²) in [5.74, 6) is 0.149. The average molecular weight is 317 g/mol. The van der Waals surface area contributed by atoms with E-state index in [9.17, 15) is 8.42 Å². The van der Waals surface area contributed by atoms with Crippen molar-refractivity contribution in [2.75, 3.05) is 23.9 Å². The van der Waals surface area contributed by atoms with Crippen LogP contribution < -0.4 is 5.32 Å². The van der Waals surface area contributed by atoms with Crippen molar-refractivity contribution >= 4 is 31.5 Å². The minimum absolute atomic E-state index is 0.149. The third-order valence-electron chi connectivity index (χ3n) is 2.11. The van der Waals surface area contributed by atoms with Gasteiger partial charge in [-0.2, -0.15) is 5.26 Å². The second kappa shape index (κ2) is 6.03. The molecule has 0 atom stereocenters.